The summed E-state index contributed by atoms with van der Waals surface area (Å²) in [4.78, 5) is 26.9. The monoisotopic (exact) mass is 411 g/mol. The highest BCUT2D eigenvalue weighted by molar-refractivity contribution is 5.97. The quantitative estimate of drug-likeness (QED) is 0.711. The molecule has 0 aliphatic carbocycles. The van der Waals surface area contributed by atoms with Gasteiger partial charge < -0.3 is 10.1 Å². The summed E-state index contributed by atoms with van der Waals surface area (Å²) >= 11 is 0. The maximum atomic E-state index is 13.0. The lowest BCUT2D eigenvalue weighted by atomic mass is 9.89. The van der Waals surface area contributed by atoms with E-state index in [9.17, 15) is 14.0 Å². The number of anilines is 1. The fourth-order valence-electron chi connectivity index (χ4n) is 4.13. The molecule has 1 fully saturated rings. The van der Waals surface area contributed by atoms with Gasteiger partial charge in [-0.3, -0.25) is 15.0 Å². The number of ketones is 1. The van der Waals surface area contributed by atoms with Crippen LogP contribution in [0, 0.1) is 11.7 Å². The molecule has 2 aromatic rings. The second-order valence-electron chi connectivity index (χ2n) is 7.79. The Bertz CT molecular complexity index is 908. The molecule has 30 heavy (non-hydrogen) atoms. The van der Waals surface area contributed by atoms with Crippen molar-refractivity contribution in [2.24, 2.45) is 5.92 Å². The highest BCUT2D eigenvalue weighted by atomic mass is 19.1. The van der Waals surface area contributed by atoms with Crippen molar-refractivity contribution in [3.63, 3.8) is 0 Å². The van der Waals surface area contributed by atoms with Gasteiger partial charge in [0.15, 0.2) is 5.78 Å². The maximum Gasteiger partial charge on any atom is 0.411 e. The van der Waals surface area contributed by atoms with Crippen molar-refractivity contribution >= 4 is 17.6 Å². The molecule has 1 saturated heterocycles. The van der Waals surface area contributed by atoms with Gasteiger partial charge in [-0.1, -0.05) is 12.1 Å². The van der Waals surface area contributed by atoms with Crippen molar-refractivity contribution < 1.29 is 18.7 Å². The van der Waals surface area contributed by atoms with Gasteiger partial charge in [0.25, 0.3) is 0 Å². The third-order valence-electron chi connectivity index (χ3n) is 5.85. The lowest BCUT2D eigenvalue weighted by Crippen LogP contribution is -2.38. The van der Waals surface area contributed by atoms with Crippen molar-refractivity contribution in [1.82, 2.24) is 10.2 Å². The Morgan fingerprint density at radius 3 is 2.63 bits per heavy atom. The van der Waals surface area contributed by atoms with Crippen molar-refractivity contribution in [1.29, 1.82) is 0 Å². The molecule has 2 heterocycles. The molecule has 0 spiro atoms. The molecule has 2 aromatic carbocycles. The maximum absolute atomic E-state index is 13.0. The summed E-state index contributed by atoms with van der Waals surface area (Å²) in [5.74, 6) is -0.293. The average molecular weight is 411 g/mol. The summed E-state index contributed by atoms with van der Waals surface area (Å²) in [6, 6.07) is 11.6. The van der Waals surface area contributed by atoms with Crippen molar-refractivity contribution in [3.05, 3.63) is 65.0 Å². The van der Waals surface area contributed by atoms with Crippen LogP contribution in [0.1, 0.15) is 34.3 Å². The van der Waals surface area contributed by atoms with Gasteiger partial charge in [-0.15, -0.1) is 0 Å². The number of halogens is 1. The molecule has 1 amide bonds. The zero-order valence-electron chi connectivity index (χ0n) is 16.8. The lowest BCUT2D eigenvalue weighted by Gasteiger charge is -2.31. The Labute approximate surface area is 175 Å². The van der Waals surface area contributed by atoms with Crippen LogP contribution < -0.4 is 10.6 Å². The molecule has 2 aliphatic rings. The molecule has 6 nitrogen and oxygen atoms in total. The molecule has 0 saturated carbocycles. The second kappa shape index (κ2) is 9.36. The molecular formula is C23H26FN3O3. The summed E-state index contributed by atoms with van der Waals surface area (Å²) in [6.45, 7) is 4.06. The van der Waals surface area contributed by atoms with Crippen LogP contribution in [0.4, 0.5) is 14.9 Å². The minimum absolute atomic E-state index is 0.0373. The average Bonchev–Trinajstić information content (AvgIpc) is 3.24. The van der Waals surface area contributed by atoms with E-state index in [-0.39, 0.29) is 17.5 Å². The molecule has 0 bridgehead atoms. The second-order valence-corrected chi connectivity index (χ2v) is 7.79. The Balaban J connectivity index is 1.18. The van der Waals surface area contributed by atoms with Crippen LogP contribution in [0.15, 0.2) is 42.5 Å². The molecule has 0 aromatic heterocycles. The molecule has 2 aliphatic heterocycles. The number of likely N-dealkylation sites (tertiary alicyclic amines) is 1. The summed E-state index contributed by atoms with van der Waals surface area (Å²) in [5, 5.41) is 6.11. The van der Waals surface area contributed by atoms with Crippen LogP contribution in [0.2, 0.25) is 0 Å². The third kappa shape index (κ3) is 4.86. The molecule has 0 atom stereocenters. The predicted molar refractivity (Wildman–Crippen MR) is 112 cm³/mol. The van der Waals surface area contributed by atoms with E-state index in [0.717, 1.165) is 50.3 Å². The van der Waals surface area contributed by atoms with Crippen LogP contribution in [0.5, 0.6) is 0 Å². The number of Topliss-reactive ketones (excluding diaryl/α,β-unsaturated/α-hetero) is 1. The van der Waals surface area contributed by atoms with Gasteiger partial charge in [-0.05, 0) is 67.4 Å². The van der Waals surface area contributed by atoms with Crippen molar-refractivity contribution in [2.45, 2.75) is 25.9 Å². The first-order chi connectivity index (χ1) is 14.6. The molecular weight excluding hydrogens is 385 g/mol. The SMILES string of the molecule is O=C(Nc1cccc2c1CNC2)OCCN1CCC(C(=O)c2ccc(F)cc2)CC1. The van der Waals surface area contributed by atoms with E-state index in [0.29, 0.717) is 18.7 Å². The number of nitrogens with one attached hydrogen (secondary N) is 2. The summed E-state index contributed by atoms with van der Waals surface area (Å²) in [7, 11) is 0. The van der Waals surface area contributed by atoms with E-state index in [1.165, 1.54) is 17.7 Å². The topological polar surface area (TPSA) is 70.7 Å². The molecule has 2 N–H and O–H groups in total. The summed E-state index contributed by atoms with van der Waals surface area (Å²) < 4.78 is 18.4. The Morgan fingerprint density at radius 1 is 1.10 bits per heavy atom. The largest absolute Gasteiger partial charge is 0.448 e. The van der Waals surface area contributed by atoms with Crippen LogP contribution >= 0.6 is 0 Å². The summed E-state index contributed by atoms with van der Waals surface area (Å²) in [5.41, 5.74) is 3.67. The van der Waals surface area contributed by atoms with Crippen molar-refractivity contribution in [3.8, 4) is 0 Å². The molecule has 4 rings (SSSR count). The number of rotatable bonds is 6. The van der Waals surface area contributed by atoms with Gasteiger partial charge in [0.1, 0.15) is 12.4 Å². The number of benzene rings is 2. The smallest absolute Gasteiger partial charge is 0.411 e. The van der Waals surface area contributed by atoms with Crippen LogP contribution in [-0.2, 0) is 17.8 Å². The Kier molecular flexibility index (Phi) is 6.40. The highest BCUT2D eigenvalue weighted by Crippen LogP contribution is 2.24. The van der Waals surface area contributed by atoms with Gasteiger partial charge in [0.05, 0.1) is 0 Å². The number of hydrogen-bond donors (Lipinski definition) is 2. The first-order valence-electron chi connectivity index (χ1n) is 10.4. The van der Waals surface area contributed by atoms with Gasteiger partial charge in [0, 0.05) is 36.8 Å². The van der Waals surface area contributed by atoms with Crippen LogP contribution in [-0.4, -0.2) is 43.0 Å². The zero-order chi connectivity index (χ0) is 20.9. The number of amides is 1. The number of ether oxygens (including phenoxy) is 1. The van der Waals surface area contributed by atoms with Gasteiger partial charge in [-0.25, -0.2) is 9.18 Å². The van der Waals surface area contributed by atoms with E-state index in [1.54, 1.807) is 12.1 Å². The van der Waals surface area contributed by atoms with E-state index in [4.69, 9.17) is 4.74 Å². The van der Waals surface area contributed by atoms with E-state index < -0.39 is 6.09 Å². The van der Waals surface area contributed by atoms with Crippen LogP contribution in [0.25, 0.3) is 0 Å². The molecule has 7 heteroatoms. The minimum Gasteiger partial charge on any atom is -0.448 e. The van der Waals surface area contributed by atoms with Gasteiger partial charge in [0.2, 0.25) is 0 Å². The number of nitrogens with zero attached hydrogens (tertiary/aromatic N) is 1. The first kappa shape index (κ1) is 20.5. The molecule has 158 valence electrons. The predicted octanol–water partition coefficient (Wildman–Crippen LogP) is 3.57. The first-order valence-corrected chi connectivity index (χ1v) is 10.4. The number of fused-ring (bicyclic) bond motifs is 1. The van der Waals surface area contributed by atoms with Gasteiger partial charge in [-0.2, -0.15) is 0 Å². The Morgan fingerprint density at radius 2 is 1.87 bits per heavy atom. The number of carbonyl (C=O) groups excluding carboxylic acids is 2. The fourth-order valence-corrected chi connectivity index (χ4v) is 4.13. The zero-order valence-corrected chi connectivity index (χ0v) is 16.8. The number of carbonyl (C=O) groups is 2. The molecule has 0 unspecified atom stereocenters. The fraction of sp³-hybridized carbons (Fsp3) is 0.391. The van der Waals surface area contributed by atoms with Crippen molar-refractivity contribution in [2.75, 3.05) is 31.6 Å². The third-order valence-corrected chi connectivity index (χ3v) is 5.85. The normalized spacial score (nSPS) is 16.8. The van der Waals surface area contributed by atoms with E-state index >= 15 is 0 Å². The van der Waals surface area contributed by atoms with Crippen LogP contribution in [0.3, 0.4) is 0 Å². The number of piperidine rings is 1. The summed E-state index contributed by atoms with van der Waals surface area (Å²) in [6.07, 6.45) is 1.06. The standard InChI is InChI=1S/C23H26FN3O3/c24-19-6-4-16(5-7-19)22(28)17-8-10-27(11-9-17)12-13-30-23(29)26-21-3-1-2-18-14-25-15-20(18)21/h1-7,17,25H,8-15H2,(H,26,29). The van der Waals surface area contributed by atoms with E-state index in [2.05, 4.69) is 21.6 Å². The van der Waals surface area contributed by atoms with Gasteiger partial charge >= 0.3 is 6.09 Å². The minimum atomic E-state index is -0.448. The van der Waals surface area contributed by atoms with E-state index in [1.807, 2.05) is 12.1 Å². The highest BCUT2D eigenvalue weighted by Gasteiger charge is 2.26. The number of hydrogen-bond acceptors (Lipinski definition) is 5. The lowest BCUT2D eigenvalue weighted by molar-refractivity contribution is 0.0813. The Hall–Kier alpha value is -2.77. The molecule has 0 radical (unpaired) electrons.